The van der Waals surface area contributed by atoms with Crippen LogP contribution >= 0.6 is 0 Å². The normalized spacial score (nSPS) is 11.3. The standard InChI is InChI=1S/C76H60N2/c1-76(2,3)65-52-68(77(66-42-26-11-27-43-66)74-70(59-34-18-7-19-35-59)48-63(56-30-14-5-15-31-56)49-71(74)60-36-20-8-21-37-60)54-69(53-65)78(67-46-44-58(45-47-67)55-28-12-4-13-29-55)75-72(61-38-22-9-23-39-61)50-64(57-32-16-6-17-33-57)51-73(75)62-40-24-10-25-41-62/h4-54H,1-3H3. The molecular formula is C76H60N2. The lowest BCUT2D eigenvalue weighted by Crippen LogP contribution is -2.19. The molecular weight excluding hydrogens is 941 g/mol. The lowest BCUT2D eigenvalue weighted by Gasteiger charge is -2.35. The van der Waals surface area contributed by atoms with E-state index in [1.165, 1.54) is 11.1 Å². The Hall–Kier alpha value is -9.76. The van der Waals surface area contributed by atoms with E-state index in [0.717, 1.165) is 106 Å². The van der Waals surface area contributed by atoms with Gasteiger partial charge in [0.2, 0.25) is 0 Å². The third kappa shape index (κ3) is 10.2. The summed E-state index contributed by atoms with van der Waals surface area (Å²) in [7, 11) is 0. The van der Waals surface area contributed by atoms with Gasteiger partial charge in [0.15, 0.2) is 0 Å². The zero-order chi connectivity index (χ0) is 52.8. The van der Waals surface area contributed by atoms with Gasteiger partial charge in [0.25, 0.3) is 0 Å². The van der Waals surface area contributed by atoms with Gasteiger partial charge in [-0.3, -0.25) is 0 Å². The summed E-state index contributed by atoms with van der Waals surface area (Å²) in [5.74, 6) is 0. The van der Waals surface area contributed by atoms with Crippen LogP contribution < -0.4 is 9.80 Å². The Morgan fingerprint density at radius 3 is 0.744 bits per heavy atom. The van der Waals surface area contributed by atoms with Gasteiger partial charge in [0, 0.05) is 45.0 Å². The van der Waals surface area contributed by atoms with Gasteiger partial charge in [-0.25, -0.2) is 0 Å². The number of hydrogen-bond acceptors (Lipinski definition) is 2. The number of rotatable bonds is 13. The molecule has 12 rings (SSSR count). The van der Waals surface area contributed by atoms with Gasteiger partial charge in [-0.2, -0.15) is 0 Å². The summed E-state index contributed by atoms with van der Waals surface area (Å²) in [5, 5.41) is 0. The van der Waals surface area contributed by atoms with E-state index in [1.54, 1.807) is 0 Å². The second-order valence-electron chi connectivity index (χ2n) is 20.9. The number of hydrogen-bond donors (Lipinski definition) is 0. The molecule has 0 atom stereocenters. The van der Waals surface area contributed by atoms with Crippen molar-refractivity contribution >= 4 is 34.1 Å². The molecule has 2 nitrogen and oxygen atoms in total. The van der Waals surface area contributed by atoms with Crippen LogP contribution in [0.15, 0.2) is 309 Å². The van der Waals surface area contributed by atoms with Crippen LogP contribution in [0.2, 0.25) is 0 Å². The lowest BCUT2D eigenvalue weighted by atomic mass is 9.85. The fourth-order valence-corrected chi connectivity index (χ4v) is 10.8. The van der Waals surface area contributed by atoms with Crippen molar-refractivity contribution in [1.29, 1.82) is 0 Å². The molecule has 0 amide bonds. The minimum atomic E-state index is -0.265. The average molecular weight is 1000 g/mol. The highest BCUT2D eigenvalue weighted by atomic mass is 15.2. The van der Waals surface area contributed by atoms with Crippen LogP contribution in [0.4, 0.5) is 34.1 Å². The van der Waals surface area contributed by atoms with Gasteiger partial charge in [0.05, 0.1) is 11.4 Å². The maximum atomic E-state index is 2.53. The molecule has 0 fully saturated rings. The van der Waals surface area contributed by atoms with Crippen LogP contribution in [-0.4, -0.2) is 0 Å². The van der Waals surface area contributed by atoms with Gasteiger partial charge >= 0.3 is 0 Å². The summed E-state index contributed by atoms with van der Waals surface area (Å²) in [6.07, 6.45) is 0. The van der Waals surface area contributed by atoms with Crippen molar-refractivity contribution in [1.82, 2.24) is 0 Å². The molecule has 374 valence electrons. The highest BCUT2D eigenvalue weighted by Gasteiger charge is 2.29. The minimum absolute atomic E-state index is 0.265. The second kappa shape index (κ2) is 21.8. The molecule has 0 saturated heterocycles. The molecule has 0 aromatic heterocycles. The summed E-state index contributed by atoms with van der Waals surface area (Å²) in [6, 6.07) is 113. The molecule has 0 aliphatic rings. The van der Waals surface area contributed by atoms with Crippen LogP contribution in [0.25, 0.3) is 77.9 Å². The van der Waals surface area contributed by atoms with E-state index in [0.29, 0.717) is 0 Å². The van der Waals surface area contributed by atoms with Gasteiger partial charge < -0.3 is 9.80 Å². The van der Waals surface area contributed by atoms with E-state index in [9.17, 15) is 0 Å². The van der Waals surface area contributed by atoms with Crippen molar-refractivity contribution in [3.63, 3.8) is 0 Å². The molecule has 12 aromatic carbocycles. The Morgan fingerprint density at radius 2 is 0.449 bits per heavy atom. The molecule has 0 bridgehead atoms. The average Bonchev–Trinajstić information content (AvgIpc) is 3.51. The molecule has 0 unspecified atom stereocenters. The third-order valence-corrected chi connectivity index (χ3v) is 14.8. The summed E-state index contributed by atoms with van der Waals surface area (Å²) in [4.78, 5) is 5.05. The van der Waals surface area contributed by atoms with Crippen molar-refractivity contribution in [2.75, 3.05) is 9.80 Å². The van der Waals surface area contributed by atoms with Crippen molar-refractivity contribution in [3.8, 4) is 77.9 Å². The predicted molar refractivity (Wildman–Crippen MR) is 333 cm³/mol. The van der Waals surface area contributed by atoms with Crippen LogP contribution in [0, 0.1) is 0 Å². The number of para-hydroxylation sites is 1. The molecule has 78 heavy (non-hydrogen) atoms. The van der Waals surface area contributed by atoms with E-state index < -0.39 is 0 Å². The van der Waals surface area contributed by atoms with Crippen molar-refractivity contribution in [2.45, 2.75) is 26.2 Å². The number of benzene rings is 12. The van der Waals surface area contributed by atoms with Crippen molar-refractivity contribution in [3.05, 3.63) is 315 Å². The molecule has 0 N–H and O–H groups in total. The molecule has 0 aliphatic heterocycles. The van der Waals surface area contributed by atoms with Crippen molar-refractivity contribution < 1.29 is 0 Å². The summed E-state index contributed by atoms with van der Waals surface area (Å²) >= 11 is 0. The number of nitrogens with zero attached hydrogens (tertiary/aromatic N) is 2. The molecule has 0 radical (unpaired) electrons. The van der Waals surface area contributed by atoms with Crippen LogP contribution in [0.1, 0.15) is 26.3 Å². The highest BCUT2D eigenvalue weighted by molar-refractivity contribution is 6.03. The Balaban J connectivity index is 1.20. The first-order valence-electron chi connectivity index (χ1n) is 27.0. The van der Waals surface area contributed by atoms with Gasteiger partial charge in [-0.05, 0) is 133 Å². The topological polar surface area (TPSA) is 6.48 Å². The van der Waals surface area contributed by atoms with E-state index in [2.05, 4.69) is 340 Å². The van der Waals surface area contributed by atoms with Crippen LogP contribution in [0.5, 0.6) is 0 Å². The zero-order valence-corrected chi connectivity index (χ0v) is 44.3. The first-order valence-corrected chi connectivity index (χ1v) is 27.0. The fraction of sp³-hybridized carbons (Fsp3) is 0.0526. The maximum Gasteiger partial charge on any atom is 0.0618 e. The Kier molecular flexibility index (Phi) is 13.8. The zero-order valence-electron chi connectivity index (χ0n) is 44.3. The third-order valence-electron chi connectivity index (χ3n) is 14.8. The first kappa shape index (κ1) is 49.1. The Morgan fingerprint density at radius 1 is 0.205 bits per heavy atom. The van der Waals surface area contributed by atoms with Gasteiger partial charge in [-0.1, -0.05) is 263 Å². The summed E-state index contributed by atoms with van der Waals surface area (Å²) in [5.41, 5.74) is 23.3. The highest BCUT2D eigenvalue weighted by Crippen LogP contribution is 2.53. The molecule has 0 spiro atoms. The molecule has 0 aliphatic carbocycles. The predicted octanol–water partition coefficient (Wildman–Crippen LogP) is 21.6. The quantitative estimate of drug-likeness (QED) is 0.114. The van der Waals surface area contributed by atoms with Crippen LogP contribution in [0.3, 0.4) is 0 Å². The number of anilines is 6. The van der Waals surface area contributed by atoms with E-state index in [4.69, 9.17) is 0 Å². The SMILES string of the molecule is CC(C)(C)c1cc(N(c2ccccc2)c2c(-c3ccccc3)cc(-c3ccccc3)cc2-c2ccccc2)cc(N(c2ccc(-c3ccccc3)cc2)c2c(-c3ccccc3)cc(-c3ccccc3)cc2-c2ccccc2)c1. The largest absolute Gasteiger partial charge is 0.309 e. The minimum Gasteiger partial charge on any atom is -0.309 e. The maximum absolute atomic E-state index is 2.53. The van der Waals surface area contributed by atoms with Gasteiger partial charge in [0.1, 0.15) is 0 Å². The molecule has 0 heterocycles. The monoisotopic (exact) mass is 1000 g/mol. The lowest BCUT2D eigenvalue weighted by molar-refractivity contribution is 0.590. The van der Waals surface area contributed by atoms with Crippen LogP contribution in [-0.2, 0) is 5.41 Å². The second-order valence-corrected chi connectivity index (χ2v) is 20.9. The smallest absolute Gasteiger partial charge is 0.0618 e. The molecule has 12 aromatic rings. The first-order chi connectivity index (χ1) is 38.3. The summed E-state index contributed by atoms with van der Waals surface area (Å²) < 4.78 is 0. The van der Waals surface area contributed by atoms with Gasteiger partial charge in [-0.15, -0.1) is 0 Å². The fourth-order valence-electron chi connectivity index (χ4n) is 10.8. The Labute approximate surface area is 460 Å². The van der Waals surface area contributed by atoms with E-state index in [-0.39, 0.29) is 5.41 Å². The molecule has 0 saturated carbocycles. The van der Waals surface area contributed by atoms with E-state index >= 15 is 0 Å². The molecule has 2 heteroatoms. The summed E-state index contributed by atoms with van der Waals surface area (Å²) in [6.45, 7) is 7.00. The van der Waals surface area contributed by atoms with E-state index in [1.807, 2.05) is 0 Å². The Bertz CT molecular complexity index is 3810. The van der Waals surface area contributed by atoms with Crippen molar-refractivity contribution in [2.24, 2.45) is 0 Å².